The summed E-state index contributed by atoms with van der Waals surface area (Å²) in [4.78, 5) is 13.4. The number of rotatable bonds is 1. The van der Waals surface area contributed by atoms with E-state index in [1.165, 1.54) is 4.90 Å². The average molecular weight is 245 g/mol. The van der Waals surface area contributed by atoms with Gasteiger partial charge in [-0.3, -0.25) is 0 Å². The first-order chi connectivity index (χ1) is 7.63. The molecule has 1 aliphatic heterocycles. The number of amides is 1. The lowest BCUT2D eigenvalue weighted by molar-refractivity contribution is -0.122. The maximum Gasteiger partial charge on any atom is 0.410 e. The van der Waals surface area contributed by atoms with Crippen LogP contribution in [0, 0.1) is 0 Å². The molecule has 1 fully saturated rings. The molecule has 0 aliphatic carbocycles. The van der Waals surface area contributed by atoms with Crippen LogP contribution in [0.25, 0.3) is 0 Å². The van der Waals surface area contributed by atoms with Crippen LogP contribution >= 0.6 is 0 Å². The molecule has 0 unspecified atom stereocenters. The van der Waals surface area contributed by atoms with Gasteiger partial charge in [0.25, 0.3) is 0 Å². The van der Waals surface area contributed by atoms with Crippen molar-refractivity contribution in [2.24, 2.45) is 0 Å². The van der Waals surface area contributed by atoms with E-state index in [0.717, 1.165) is 0 Å². The van der Waals surface area contributed by atoms with E-state index in [2.05, 4.69) is 0 Å². The Kier molecular flexibility index (Phi) is 4.04. The van der Waals surface area contributed by atoms with Crippen LogP contribution in [0.5, 0.6) is 0 Å². The zero-order chi connectivity index (χ0) is 13.3. The number of nitrogens with zero attached hydrogens (tertiary/aromatic N) is 1. The lowest BCUT2D eigenvalue weighted by Crippen LogP contribution is -2.57. The van der Waals surface area contributed by atoms with Crippen LogP contribution in [0.15, 0.2) is 0 Å². The Morgan fingerprint density at radius 1 is 1.53 bits per heavy atom. The van der Waals surface area contributed by atoms with Gasteiger partial charge in [-0.15, -0.1) is 0 Å². The number of ether oxygens (including phenoxy) is 2. The molecule has 0 bridgehead atoms. The summed E-state index contributed by atoms with van der Waals surface area (Å²) < 4.78 is 10.5. The Balaban J connectivity index is 2.68. The van der Waals surface area contributed by atoms with E-state index >= 15 is 0 Å². The molecule has 17 heavy (non-hydrogen) atoms. The summed E-state index contributed by atoms with van der Waals surface area (Å²) in [6, 6.07) is -0.272. The van der Waals surface area contributed by atoms with Crippen molar-refractivity contribution in [1.82, 2.24) is 4.90 Å². The maximum absolute atomic E-state index is 11.9. The third-order valence-corrected chi connectivity index (χ3v) is 2.80. The zero-order valence-corrected chi connectivity index (χ0v) is 11.3. The summed E-state index contributed by atoms with van der Waals surface area (Å²) in [6.45, 7) is 7.93. The van der Waals surface area contributed by atoms with Crippen molar-refractivity contribution in [3.63, 3.8) is 0 Å². The number of likely N-dealkylation sites (N-methyl/N-ethyl adjacent to an activating group) is 1. The summed E-state index contributed by atoms with van der Waals surface area (Å²) in [5.74, 6) is 0. The molecule has 1 N–H and O–H groups in total. The van der Waals surface area contributed by atoms with Gasteiger partial charge in [-0.2, -0.15) is 0 Å². The Morgan fingerprint density at radius 2 is 2.12 bits per heavy atom. The maximum atomic E-state index is 11.9. The molecule has 1 saturated heterocycles. The largest absolute Gasteiger partial charge is 0.444 e. The third kappa shape index (κ3) is 3.85. The van der Waals surface area contributed by atoms with Crippen molar-refractivity contribution < 1.29 is 19.4 Å². The van der Waals surface area contributed by atoms with Gasteiger partial charge in [-0.25, -0.2) is 4.79 Å². The Labute approximate surface area is 103 Å². The summed E-state index contributed by atoms with van der Waals surface area (Å²) in [6.07, 6.45) is 0.201. The van der Waals surface area contributed by atoms with Crippen LogP contribution in [-0.2, 0) is 9.47 Å². The Morgan fingerprint density at radius 3 is 2.59 bits per heavy atom. The second-order valence-electron chi connectivity index (χ2n) is 5.81. The molecule has 1 aliphatic rings. The minimum atomic E-state index is -1.02. The van der Waals surface area contributed by atoms with Crippen LogP contribution in [0.1, 0.15) is 34.1 Å². The molecule has 0 radical (unpaired) electrons. The van der Waals surface area contributed by atoms with Crippen molar-refractivity contribution >= 4 is 6.09 Å². The van der Waals surface area contributed by atoms with E-state index in [4.69, 9.17) is 9.47 Å². The highest BCUT2D eigenvalue weighted by Crippen LogP contribution is 2.24. The number of carbonyl (C=O) groups is 1. The van der Waals surface area contributed by atoms with E-state index < -0.39 is 17.3 Å². The highest BCUT2D eigenvalue weighted by atomic mass is 16.6. The number of aliphatic hydroxyl groups is 1. The van der Waals surface area contributed by atoms with Crippen molar-refractivity contribution in [2.45, 2.75) is 51.4 Å². The predicted molar refractivity (Wildman–Crippen MR) is 63.8 cm³/mol. The van der Waals surface area contributed by atoms with Gasteiger partial charge < -0.3 is 19.5 Å². The van der Waals surface area contributed by atoms with Crippen LogP contribution < -0.4 is 0 Å². The van der Waals surface area contributed by atoms with Gasteiger partial charge in [-0.1, -0.05) is 0 Å². The van der Waals surface area contributed by atoms with E-state index in [1.807, 2.05) is 20.8 Å². The third-order valence-electron chi connectivity index (χ3n) is 2.80. The predicted octanol–water partition coefficient (Wildman–Crippen LogP) is 1.39. The fraction of sp³-hybridized carbons (Fsp3) is 0.917. The van der Waals surface area contributed by atoms with Gasteiger partial charge in [0.2, 0.25) is 0 Å². The minimum absolute atomic E-state index is 0.241. The van der Waals surface area contributed by atoms with Crippen molar-refractivity contribution in [3.05, 3.63) is 0 Å². The molecule has 0 saturated carbocycles. The molecule has 5 heteroatoms. The van der Waals surface area contributed by atoms with Crippen LogP contribution in [0.4, 0.5) is 4.79 Å². The molecule has 1 heterocycles. The van der Waals surface area contributed by atoms with Crippen LogP contribution in [-0.4, -0.2) is 53.6 Å². The van der Waals surface area contributed by atoms with Crippen molar-refractivity contribution in [2.75, 3.05) is 20.3 Å². The van der Waals surface area contributed by atoms with E-state index in [0.29, 0.717) is 13.0 Å². The molecule has 0 aromatic carbocycles. The SMILES string of the molecule is CN(C(=O)OC(C)(C)C)[C@@H]1CCOC[C@]1(C)O. The summed E-state index contributed by atoms with van der Waals surface area (Å²) >= 11 is 0. The first-order valence-electron chi connectivity index (χ1n) is 5.89. The first-order valence-corrected chi connectivity index (χ1v) is 5.89. The number of carbonyl (C=O) groups excluding carboxylic acids is 1. The standard InChI is InChI=1S/C12H23NO4/c1-11(2,3)17-10(14)13(5)9-6-7-16-8-12(9,4)15/h9,15H,6-8H2,1-5H3/t9-,12+/m1/s1. The minimum Gasteiger partial charge on any atom is -0.444 e. The molecule has 1 amide bonds. The Hall–Kier alpha value is -0.810. The fourth-order valence-corrected chi connectivity index (χ4v) is 1.95. The molecule has 0 aromatic rings. The quantitative estimate of drug-likeness (QED) is 0.758. The zero-order valence-electron chi connectivity index (χ0n) is 11.3. The Bertz CT molecular complexity index is 283. The summed E-state index contributed by atoms with van der Waals surface area (Å²) in [5.41, 5.74) is -1.55. The van der Waals surface area contributed by atoms with E-state index in [1.54, 1.807) is 14.0 Å². The summed E-state index contributed by atoms with van der Waals surface area (Å²) in [5, 5.41) is 10.2. The molecule has 0 aromatic heterocycles. The highest BCUT2D eigenvalue weighted by molar-refractivity contribution is 5.68. The highest BCUT2D eigenvalue weighted by Gasteiger charge is 2.40. The summed E-state index contributed by atoms with van der Waals surface area (Å²) in [7, 11) is 1.65. The van der Waals surface area contributed by atoms with Gasteiger partial charge in [0, 0.05) is 13.7 Å². The van der Waals surface area contributed by atoms with Gasteiger partial charge in [-0.05, 0) is 34.1 Å². The topological polar surface area (TPSA) is 59.0 Å². The normalized spacial score (nSPS) is 29.9. The van der Waals surface area contributed by atoms with Crippen LogP contribution in [0.2, 0.25) is 0 Å². The lowest BCUT2D eigenvalue weighted by atomic mass is 9.92. The van der Waals surface area contributed by atoms with E-state index in [-0.39, 0.29) is 12.6 Å². The van der Waals surface area contributed by atoms with Gasteiger partial charge >= 0.3 is 6.09 Å². The van der Waals surface area contributed by atoms with Gasteiger partial charge in [0.05, 0.1) is 12.6 Å². The second kappa shape index (κ2) is 4.82. The number of hydrogen-bond acceptors (Lipinski definition) is 4. The second-order valence-corrected chi connectivity index (χ2v) is 5.81. The fourth-order valence-electron chi connectivity index (χ4n) is 1.95. The van der Waals surface area contributed by atoms with Crippen LogP contribution in [0.3, 0.4) is 0 Å². The van der Waals surface area contributed by atoms with E-state index in [9.17, 15) is 9.90 Å². The van der Waals surface area contributed by atoms with Crippen molar-refractivity contribution in [3.8, 4) is 0 Å². The molecular weight excluding hydrogens is 222 g/mol. The average Bonchev–Trinajstić information content (AvgIpc) is 2.13. The lowest BCUT2D eigenvalue weighted by Gasteiger charge is -2.42. The molecular formula is C12H23NO4. The molecule has 2 atom stereocenters. The molecule has 100 valence electrons. The molecule has 1 rings (SSSR count). The molecule has 0 spiro atoms. The number of hydrogen-bond donors (Lipinski definition) is 1. The van der Waals surface area contributed by atoms with Gasteiger partial charge in [0.1, 0.15) is 11.2 Å². The van der Waals surface area contributed by atoms with Gasteiger partial charge in [0.15, 0.2) is 0 Å². The smallest absolute Gasteiger partial charge is 0.410 e. The van der Waals surface area contributed by atoms with Crippen molar-refractivity contribution in [1.29, 1.82) is 0 Å². The first kappa shape index (κ1) is 14.3. The monoisotopic (exact) mass is 245 g/mol. The molecule has 5 nitrogen and oxygen atoms in total.